The van der Waals surface area contributed by atoms with E-state index in [4.69, 9.17) is 9.47 Å². The second-order valence-electron chi connectivity index (χ2n) is 6.79. The summed E-state index contributed by atoms with van der Waals surface area (Å²) < 4.78 is 12.1. The normalized spacial score (nSPS) is 18.4. The van der Waals surface area contributed by atoms with Crippen LogP contribution in [0.25, 0.3) is 0 Å². The number of fused-ring (bicyclic) bond motifs is 6. The van der Waals surface area contributed by atoms with Crippen LogP contribution in [0.2, 0.25) is 0 Å². The summed E-state index contributed by atoms with van der Waals surface area (Å²) in [4.78, 5) is 16.8. The number of aliphatic imine (C=N–C) groups is 1. The minimum atomic E-state index is -1.16. The predicted molar refractivity (Wildman–Crippen MR) is 106 cm³/mol. The number of aryl methyl sites for hydroxylation is 1. The molecule has 2 aliphatic heterocycles. The summed E-state index contributed by atoms with van der Waals surface area (Å²) in [6.45, 7) is 1.96. The SMILES string of the molecule is Cc1ccc2c(c1)Oc1cc(O)ccc1C21OC(=O)c2cc(N=C=S)ccc21. The molecule has 136 valence electrons. The van der Waals surface area contributed by atoms with Crippen LogP contribution in [0.4, 0.5) is 5.69 Å². The number of benzene rings is 3. The summed E-state index contributed by atoms with van der Waals surface area (Å²) in [6, 6.07) is 15.8. The molecule has 1 atom stereocenters. The molecule has 1 N–H and O–H groups in total. The molecule has 1 unspecified atom stereocenters. The molecule has 2 aliphatic rings. The maximum atomic E-state index is 12.8. The Morgan fingerprint density at radius 2 is 1.71 bits per heavy atom. The van der Waals surface area contributed by atoms with Crippen molar-refractivity contribution in [3.05, 3.63) is 82.4 Å². The third-order valence-electron chi connectivity index (χ3n) is 5.10. The molecule has 6 heteroatoms. The molecule has 2 heterocycles. The quantitative estimate of drug-likeness (QED) is 0.361. The highest BCUT2D eigenvalue weighted by molar-refractivity contribution is 7.78. The van der Waals surface area contributed by atoms with Crippen molar-refractivity contribution in [1.82, 2.24) is 0 Å². The van der Waals surface area contributed by atoms with E-state index < -0.39 is 11.6 Å². The van der Waals surface area contributed by atoms with Crippen LogP contribution in [0, 0.1) is 6.92 Å². The van der Waals surface area contributed by atoms with Gasteiger partial charge in [0.25, 0.3) is 0 Å². The highest BCUT2D eigenvalue weighted by atomic mass is 32.1. The Labute approximate surface area is 165 Å². The first-order chi connectivity index (χ1) is 13.5. The van der Waals surface area contributed by atoms with E-state index in [1.165, 1.54) is 6.07 Å². The smallest absolute Gasteiger partial charge is 0.340 e. The number of aromatic hydroxyl groups is 1. The molecule has 3 aromatic rings. The van der Waals surface area contributed by atoms with Crippen LogP contribution in [0.5, 0.6) is 17.2 Å². The lowest BCUT2D eigenvalue weighted by Gasteiger charge is -2.36. The standard InChI is InChI=1S/C22H13NO4S/c1-12-2-5-17-19(8-12)26-20-10-14(24)4-7-18(20)22(17)16-6-3-13(23-11-28)9-15(16)21(25)27-22/h2-10,24H,1H3. The van der Waals surface area contributed by atoms with Gasteiger partial charge in [0, 0.05) is 22.8 Å². The van der Waals surface area contributed by atoms with Crippen molar-refractivity contribution < 1.29 is 19.4 Å². The van der Waals surface area contributed by atoms with Gasteiger partial charge in [0.15, 0.2) is 5.60 Å². The molecule has 0 fully saturated rings. The molecule has 0 aliphatic carbocycles. The van der Waals surface area contributed by atoms with Crippen LogP contribution in [-0.2, 0) is 10.3 Å². The minimum Gasteiger partial charge on any atom is -0.508 e. The molecule has 0 aromatic heterocycles. The monoisotopic (exact) mass is 387 g/mol. The number of phenols is 1. The lowest BCUT2D eigenvalue weighted by atomic mass is 9.77. The summed E-state index contributed by atoms with van der Waals surface area (Å²) in [6.07, 6.45) is 0. The van der Waals surface area contributed by atoms with Crippen LogP contribution in [0.1, 0.15) is 32.6 Å². The maximum Gasteiger partial charge on any atom is 0.340 e. The summed E-state index contributed by atoms with van der Waals surface area (Å²) in [5.74, 6) is 0.642. The molecule has 0 radical (unpaired) electrons. The van der Waals surface area contributed by atoms with E-state index >= 15 is 0 Å². The summed E-state index contributed by atoms with van der Waals surface area (Å²) in [5.41, 5.74) is 2.88. The van der Waals surface area contributed by atoms with Gasteiger partial charge < -0.3 is 14.6 Å². The molecular weight excluding hydrogens is 374 g/mol. The lowest BCUT2D eigenvalue weighted by Crippen LogP contribution is -2.33. The zero-order valence-corrected chi connectivity index (χ0v) is 15.5. The van der Waals surface area contributed by atoms with Crippen molar-refractivity contribution in [1.29, 1.82) is 0 Å². The summed E-state index contributed by atoms with van der Waals surface area (Å²) in [7, 11) is 0. The van der Waals surface area contributed by atoms with E-state index in [1.54, 1.807) is 24.3 Å². The molecule has 0 amide bonds. The van der Waals surface area contributed by atoms with E-state index in [0.29, 0.717) is 33.9 Å². The molecule has 3 aromatic carbocycles. The fourth-order valence-corrected chi connectivity index (χ4v) is 4.04. The van der Waals surface area contributed by atoms with Crippen molar-refractivity contribution in [2.24, 2.45) is 4.99 Å². The number of nitrogens with zero attached hydrogens (tertiary/aromatic N) is 1. The van der Waals surface area contributed by atoms with Crippen molar-refractivity contribution in [3.8, 4) is 17.2 Å². The van der Waals surface area contributed by atoms with Crippen LogP contribution < -0.4 is 4.74 Å². The summed E-state index contributed by atoms with van der Waals surface area (Å²) in [5, 5.41) is 12.3. The van der Waals surface area contributed by atoms with Crippen molar-refractivity contribution >= 4 is 29.0 Å². The van der Waals surface area contributed by atoms with E-state index in [-0.39, 0.29) is 5.75 Å². The number of isothiocyanates is 1. The Hall–Kier alpha value is -3.47. The largest absolute Gasteiger partial charge is 0.508 e. The Morgan fingerprint density at radius 1 is 1.00 bits per heavy atom. The second-order valence-corrected chi connectivity index (χ2v) is 6.97. The highest BCUT2D eigenvalue weighted by Crippen LogP contribution is 2.56. The predicted octanol–water partition coefficient (Wildman–Crippen LogP) is 5.00. The molecule has 1 spiro atoms. The van der Waals surface area contributed by atoms with Gasteiger partial charge in [0.05, 0.1) is 16.4 Å². The van der Waals surface area contributed by atoms with Gasteiger partial charge >= 0.3 is 5.97 Å². The molecular formula is C22H13NO4S. The number of carbonyl (C=O) groups excluding carboxylic acids is 1. The van der Waals surface area contributed by atoms with Crippen LogP contribution in [-0.4, -0.2) is 16.2 Å². The molecule has 5 nitrogen and oxygen atoms in total. The number of ether oxygens (including phenoxy) is 2. The number of carbonyl (C=O) groups is 1. The first-order valence-electron chi connectivity index (χ1n) is 8.61. The minimum absolute atomic E-state index is 0.0696. The third-order valence-corrected chi connectivity index (χ3v) is 5.19. The van der Waals surface area contributed by atoms with Crippen molar-refractivity contribution in [3.63, 3.8) is 0 Å². The van der Waals surface area contributed by atoms with Crippen LogP contribution in [0.15, 0.2) is 59.6 Å². The Kier molecular flexibility index (Phi) is 3.43. The molecule has 0 saturated carbocycles. The van der Waals surface area contributed by atoms with Crippen LogP contribution in [0.3, 0.4) is 0 Å². The molecule has 5 rings (SSSR count). The van der Waals surface area contributed by atoms with Crippen molar-refractivity contribution in [2.75, 3.05) is 0 Å². The van der Waals surface area contributed by atoms with Gasteiger partial charge in [-0.2, -0.15) is 4.99 Å². The van der Waals surface area contributed by atoms with E-state index in [2.05, 4.69) is 22.4 Å². The van der Waals surface area contributed by atoms with E-state index in [0.717, 1.165) is 11.1 Å². The number of thiocarbonyl (C=S) groups is 1. The second kappa shape index (κ2) is 5.76. The van der Waals surface area contributed by atoms with E-state index in [1.807, 2.05) is 31.2 Å². The highest BCUT2D eigenvalue weighted by Gasteiger charge is 2.53. The van der Waals surface area contributed by atoms with Gasteiger partial charge in [-0.3, -0.25) is 0 Å². The van der Waals surface area contributed by atoms with Crippen molar-refractivity contribution in [2.45, 2.75) is 12.5 Å². The number of esters is 1. The number of hydrogen-bond donors (Lipinski definition) is 1. The fourth-order valence-electron chi connectivity index (χ4n) is 3.93. The van der Waals surface area contributed by atoms with Crippen LogP contribution >= 0.6 is 12.2 Å². The third kappa shape index (κ3) is 2.16. The van der Waals surface area contributed by atoms with Gasteiger partial charge in [-0.05, 0) is 55.0 Å². The molecule has 0 bridgehead atoms. The Morgan fingerprint density at radius 3 is 2.50 bits per heavy atom. The Balaban J connectivity index is 1.86. The van der Waals surface area contributed by atoms with Gasteiger partial charge in [0.1, 0.15) is 17.2 Å². The zero-order valence-electron chi connectivity index (χ0n) is 14.7. The first-order valence-corrected chi connectivity index (χ1v) is 9.02. The lowest BCUT2D eigenvalue weighted by molar-refractivity contribution is 0.0224. The zero-order chi connectivity index (χ0) is 19.5. The molecule has 28 heavy (non-hydrogen) atoms. The summed E-state index contributed by atoms with van der Waals surface area (Å²) >= 11 is 4.67. The van der Waals surface area contributed by atoms with E-state index in [9.17, 15) is 9.90 Å². The topological polar surface area (TPSA) is 68.1 Å². The fraction of sp³-hybridized carbons (Fsp3) is 0.0909. The number of hydrogen-bond acceptors (Lipinski definition) is 6. The molecule has 0 saturated heterocycles. The van der Waals surface area contributed by atoms with Gasteiger partial charge in [0.2, 0.25) is 0 Å². The van der Waals surface area contributed by atoms with Gasteiger partial charge in [-0.1, -0.05) is 18.2 Å². The van der Waals surface area contributed by atoms with Gasteiger partial charge in [-0.15, -0.1) is 0 Å². The average Bonchev–Trinajstić information content (AvgIpc) is 2.94. The van der Waals surface area contributed by atoms with Gasteiger partial charge in [-0.25, -0.2) is 4.79 Å². The Bertz CT molecular complexity index is 1180. The maximum absolute atomic E-state index is 12.8. The first kappa shape index (κ1) is 16.7. The average molecular weight is 387 g/mol. The number of rotatable bonds is 1. The number of phenolic OH excluding ortho intramolecular Hbond substituents is 1.